The molecule has 2 heterocycles. The van der Waals surface area contributed by atoms with Gasteiger partial charge in [0.2, 0.25) is 0 Å². The molecule has 0 radical (unpaired) electrons. The number of nitrogens with one attached hydrogen (secondary N) is 1. The van der Waals surface area contributed by atoms with Gasteiger partial charge < -0.3 is 9.88 Å². The van der Waals surface area contributed by atoms with Gasteiger partial charge in [-0.15, -0.1) is 0 Å². The predicted octanol–water partition coefficient (Wildman–Crippen LogP) is 3.68. The van der Waals surface area contributed by atoms with Crippen LogP contribution in [0.2, 0.25) is 0 Å². The van der Waals surface area contributed by atoms with Gasteiger partial charge in [-0.2, -0.15) is 15.0 Å². The SMILES string of the molecule is Cc1cccc(Cn2nc(CNCCCn3ccnc3)c(-c3ccccc3)n2)c1. The molecule has 0 bridgehead atoms. The molecular formula is C23H26N6. The largest absolute Gasteiger partial charge is 0.337 e. The van der Waals surface area contributed by atoms with Gasteiger partial charge in [-0.1, -0.05) is 60.2 Å². The lowest BCUT2D eigenvalue weighted by molar-refractivity contribution is 0.558. The third kappa shape index (κ3) is 5.18. The molecule has 0 spiro atoms. The molecule has 29 heavy (non-hydrogen) atoms. The molecule has 6 heteroatoms. The first-order valence-electron chi connectivity index (χ1n) is 9.99. The van der Waals surface area contributed by atoms with Crippen LogP contribution in [0.1, 0.15) is 23.2 Å². The Labute approximate surface area is 171 Å². The molecule has 0 atom stereocenters. The number of rotatable bonds is 9. The van der Waals surface area contributed by atoms with Crippen molar-refractivity contribution >= 4 is 0 Å². The van der Waals surface area contributed by atoms with Crippen molar-refractivity contribution in [2.24, 2.45) is 0 Å². The van der Waals surface area contributed by atoms with Gasteiger partial charge in [0.15, 0.2) is 0 Å². The topological polar surface area (TPSA) is 60.6 Å². The number of imidazole rings is 1. The first kappa shape index (κ1) is 19.1. The van der Waals surface area contributed by atoms with Crippen molar-refractivity contribution in [3.8, 4) is 11.3 Å². The first-order chi connectivity index (χ1) is 14.3. The minimum atomic E-state index is 0.669. The maximum absolute atomic E-state index is 4.80. The molecule has 6 nitrogen and oxygen atoms in total. The summed E-state index contributed by atoms with van der Waals surface area (Å²) < 4.78 is 2.09. The molecular weight excluding hydrogens is 360 g/mol. The number of aryl methyl sites for hydroxylation is 2. The minimum Gasteiger partial charge on any atom is -0.337 e. The lowest BCUT2D eigenvalue weighted by Gasteiger charge is -2.05. The second kappa shape index (κ2) is 9.30. The Kier molecular flexibility index (Phi) is 6.12. The van der Waals surface area contributed by atoms with Crippen molar-refractivity contribution in [2.75, 3.05) is 6.54 Å². The van der Waals surface area contributed by atoms with Gasteiger partial charge in [-0.25, -0.2) is 4.98 Å². The van der Waals surface area contributed by atoms with Gasteiger partial charge in [-0.05, 0) is 25.5 Å². The van der Waals surface area contributed by atoms with E-state index in [0.29, 0.717) is 13.1 Å². The standard InChI is InChI=1S/C23H26N6/c1-19-7-5-8-20(15-19)17-29-26-22(23(27-29)21-9-3-2-4-10-21)16-24-11-6-13-28-14-12-25-18-28/h2-5,7-10,12,14-15,18,24H,6,11,13,16-17H2,1H3. The molecule has 2 aromatic carbocycles. The van der Waals surface area contributed by atoms with E-state index in [0.717, 1.165) is 36.5 Å². The quantitative estimate of drug-likeness (QED) is 0.446. The van der Waals surface area contributed by atoms with E-state index < -0.39 is 0 Å². The summed E-state index contributed by atoms with van der Waals surface area (Å²) in [6.07, 6.45) is 6.69. The van der Waals surface area contributed by atoms with Crippen LogP contribution >= 0.6 is 0 Å². The number of benzene rings is 2. The van der Waals surface area contributed by atoms with Crippen molar-refractivity contribution in [3.05, 3.63) is 90.1 Å². The van der Waals surface area contributed by atoms with E-state index in [1.54, 1.807) is 4.80 Å². The highest BCUT2D eigenvalue weighted by Crippen LogP contribution is 2.20. The fourth-order valence-corrected chi connectivity index (χ4v) is 3.38. The maximum Gasteiger partial charge on any atom is 0.117 e. The van der Waals surface area contributed by atoms with E-state index in [-0.39, 0.29) is 0 Å². The van der Waals surface area contributed by atoms with E-state index in [4.69, 9.17) is 10.2 Å². The Morgan fingerprint density at radius 1 is 1.00 bits per heavy atom. The zero-order valence-corrected chi connectivity index (χ0v) is 16.7. The molecule has 0 unspecified atom stereocenters. The van der Waals surface area contributed by atoms with Crippen LogP contribution in [0, 0.1) is 6.92 Å². The number of aromatic nitrogens is 5. The van der Waals surface area contributed by atoms with E-state index >= 15 is 0 Å². The summed E-state index contributed by atoms with van der Waals surface area (Å²) in [7, 11) is 0. The van der Waals surface area contributed by atoms with Gasteiger partial charge in [0, 0.05) is 31.0 Å². The Bertz CT molecular complexity index is 1020. The molecule has 1 N–H and O–H groups in total. The van der Waals surface area contributed by atoms with E-state index in [1.807, 2.05) is 36.9 Å². The summed E-state index contributed by atoms with van der Waals surface area (Å²) >= 11 is 0. The highest BCUT2D eigenvalue weighted by atomic mass is 15.5. The summed E-state index contributed by atoms with van der Waals surface area (Å²) in [5, 5.41) is 13.1. The Morgan fingerprint density at radius 3 is 2.69 bits per heavy atom. The smallest absolute Gasteiger partial charge is 0.117 e. The molecule has 0 saturated heterocycles. The normalized spacial score (nSPS) is 11.1. The van der Waals surface area contributed by atoms with Gasteiger partial charge >= 0.3 is 0 Å². The lowest BCUT2D eigenvalue weighted by Crippen LogP contribution is -2.17. The molecule has 0 amide bonds. The average Bonchev–Trinajstić information content (AvgIpc) is 3.38. The van der Waals surface area contributed by atoms with Crippen LogP contribution in [-0.4, -0.2) is 31.1 Å². The van der Waals surface area contributed by atoms with Crippen LogP contribution in [-0.2, 0) is 19.6 Å². The van der Waals surface area contributed by atoms with Gasteiger partial charge in [0.05, 0.1) is 12.9 Å². The van der Waals surface area contributed by atoms with E-state index in [1.165, 1.54) is 11.1 Å². The zero-order chi connectivity index (χ0) is 19.9. The molecule has 2 aromatic heterocycles. The van der Waals surface area contributed by atoms with Gasteiger partial charge in [-0.3, -0.25) is 0 Å². The highest BCUT2D eigenvalue weighted by molar-refractivity contribution is 5.60. The number of nitrogens with zero attached hydrogens (tertiary/aromatic N) is 5. The van der Waals surface area contributed by atoms with Crippen LogP contribution in [0.25, 0.3) is 11.3 Å². The highest BCUT2D eigenvalue weighted by Gasteiger charge is 2.13. The van der Waals surface area contributed by atoms with Crippen molar-refractivity contribution in [2.45, 2.75) is 33.0 Å². The molecule has 0 aliphatic carbocycles. The van der Waals surface area contributed by atoms with Crippen molar-refractivity contribution < 1.29 is 0 Å². The van der Waals surface area contributed by atoms with Crippen LogP contribution in [0.4, 0.5) is 0 Å². The Morgan fingerprint density at radius 2 is 1.90 bits per heavy atom. The van der Waals surface area contributed by atoms with Gasteiger partial charge in [0.25, 0.3) is 0 Å². The molecule has 4 rings (SSSR count). The fourth-order valence-electron chi connectivity index (χ4n) is 3.38. The first-order valence-corrected chi connectivity index (χ1v) is 9.99. The molecule has 0 aliphatic heterocycles. The monoisotopic (exact) mass is 386 g/mol. The molecule has 148 valence electrons. The molecule has 0 saturated carbocycles. The predicted molar refractivity (Wildman–Crippen MR) is 114 cm³/mol. The van der Waals surface area contributed by atoms with Crippen molar-refractivity contribution in [1.29, 1.82) is 0 Å². The summed E-state index contributed by atoms with van der Waals surface area (Å²) in [5.74, 6) is 0. The van der Waals surface area contributed by atoms with E-state index in [9.17, 15) is 0 Å². The fraction of sp³-hybridized carbons (Fsp3) is 0.261. The number of hydrogen-bond donors (Lipinski definition) is 1. The summed E-state index contributed by atoms with van der Waals surface area (Å²) in [6, 6.07) is 18.8. The van der Waals surface area contributed by atoms with Crippen LogP contribution in [0.5, 0.6) is 0 Å². The van der Waals surface area contributed by atoms with Crippen molar-refractivity contribution in [1.82, 2.24) is 29.9 Å². The second-order valence-electron chi connectivity index (χ2n) is 7.21. The molecule has 0 fully saturated rings. The van der Waals surface area contributed by atoms with Gasteiger partial charge in [0.1, 0.15) is 11.4 Å². The Balaban J connectivity index is 1.44. The van der Waals surface area contributed by atoms with Crippen LogP contribution in [0.15, 0.2) is 73.3 Å². The summed E-state index contributed by atoms with van der Waals surface area (Å²) in [5.41, 5.74) is 5.47. The maximum atomic E-state index is 4.80. The second-order valence-corrected chi connectivity index (χ2v) is 7.21. The third-order valence-electron chi connectivity index (χ3n) is 4.80. The number of hydrogen-bond acceptors (Lipinski definition) is 4. The zero-order valence-electron chi connectivity index (χ0n) is 16.7. The van der Waals surface area contributed by atoms with E-state index in [2.05, 4.69) is 58.2 Å². The lowest BCUT2D eigenvalue weighted by atomic mass is 10.1. The van der Waals surface area contributed by atoms with Crippen LogP contribution in [0.3, 0.4) is 0 Å². The van der Waals surface area contributed by atoms with Crippen LogP contribution < -0.4 is 5.32 Å². The summed E-state index contributed by atoms with van der Waals surface area (Å²) in [4.78, 5) is 5.88. The average molecular weight is 387 g/mol. The minimum absolute atomic E-state index is 0.669. The summed E-state index contributed by atoms with van der Waals surface area (Å²) in [6.45, 7) is 5.34. The molecule has 4 aromatic rings. The van der Waals surface area contributed by atoms with Crippen molar-refractivity contribution in [3.63, 3.8) is 0 Å². The Hall–Kier alpha value is -3.25. The third-order valence-corrected chi connectivity index (χ3v) is 4.80. The molecule has 0 aliphatic rings.